The van der Waals surface area contributed by atoms with Gasteiger partial charge in [0.15, 0.2) is 0 Å². The summed E-state index contributed by atoms with van der Waals surface area (Å²) in [7, 11) is -3.98. The molecule has 0 fully saturated rings. The highest BCUT2D eigenvalue weighted by Crippen LogP contribution is 2.49. The topological polar surface area (TPSA) is 85.2 Å². The predicted octanol–water partition coefficient (Wildman–Crippen LogP) is 1.98. The van der Waals surface area contributed by atoms with Crippen molar-refractivity contribution in [2.75, 3.05) is 0 Å². The molecular weight excluding hydrogens is 231 g/mol. The quantitative estimate of drug-likeness (QED) is 0.446. The normalized spacial score (nSPS) is 13.0. The molecule has 0 atom stereocenters. The first kappa shape index (κ1) is 12.2. The lowest BCUT2D eigenvalue weighted by Gasteiger charge is -2.05. The number of rotatable bonds is 5. The molecule has 1 rings (SSSR count). The van der Waals surface area contributed by atoms with Crippen LogP contribution in [0.15, 0.2) is 39.9 Å². The molecule has 0 saturated heterocycles. The Hall–Kier alpha value is -1.83. The van der Waals surface area contributed by atoms with Crippen molar-refractivity contribution in [3.05, 3.63) is 35.9 Å². The van der Waals surface area contributed by atoms with Crippen molar-refractivity contribution in [2.45, 2.75) is 6.61 Å². The molecule has 0 aliphatic carbocycles. The van der Waals surface area contributed by atoms with Gasteiger partial charge < -0.3 is 0 Å². The van der Waals surface area contributed by atoms with E-state index in [1.165, 1.54) is 0 Å². The molecule has 0 spiro atoms. The van der Waals surface area contributed by atoms with Crippen LogP contribution in [-0.4, -0.2) is 12.2 Å². The van der Waals surface area contributed by atoms with Crippen molar-refractivity contribution < 1.29 is 18.7 Å². The maximum Gasteiger partial charge on any atom is 0.455 e. The highest BCUT2D eigenvalue weighted by atomic mass is 31.2. The zero-order valence-corrected chi connectivity index (χ0v) is 8.96. The standard InChI is InChI=1S/C9H7N2O4P/c12-7-10-16(14,11-8-13)15-6-9-4-2-1-3-5-9/h1-5H,6H2. The van der Waals surface area contributed by atoms with E-state index in [2.05, 4.69) is 9.53 Å². The van der Waals surface area contributed by atoms with Crippen molar-refractivity contribution in [2.24, 2.45) is 9.53 Å². The highest BCUT2D eigenvalue weighted by Gasteiger charge is 2.21. The summed E-state index contributed by atoms with van der Waals surface area (Å²) in [4.78, 5) is 19.9. The van der Waals surface area contributed by atoms with Gasteiger partial charge in [0.1, 0.15) is 0 Å². The summed E-state index contributed by atoms with van der Waals surface area (Å²) in [5.74, 6) is 0. The van der Waals surface area contributed by atoms with Crippen molar-refractivity contribution >= 4 is 19.8 Å². The second-order valence-corrected chi connectivity index (χ2v) is 4.27. The van der Waals surface area contributed by atoms with Crippen molar-refractivity contribution in [3.8, 4) is 0 Å². The average molecular weight is 238 g/mol. The van der Waals surface area contributed by atoms with E-state index in [-0.39, 0.29) is 6.61 Å². The summed E-state index contributed by atoms with van der Waals surface area (Å²) in [5, 5.41) is 0. The molecule has 0 N–H and O–H groups in total. The second-order valence-electron chi connectivity index (χ2n) is 2.63. The predicted molar refractivity (Wildman–Crippen MR) is 55.1 cm³/mol. The van der Waals surface area contributed by atoms with Crippen LogP contribution in [0.2, 0.25) is 0 Å². The Bertz CT molecular complexity index is 467. The number of hydrogen-bond donors (Lipinski definition) is 0. The van der Waals surface area contributed by atoms with Gasteiger partial charge in [-0.05, 0) is 5.56 Å². The van der Waals surface area contributed by atoms with E-state index in [4.69, 9.17) is 4.52 Å². The molecule has 82 valence electrons. The number of isocyanates is 2. The fourth-order valence-electron chi connectivity index (χ4n) is 0.916. The fraction of sp³-hybridized carbons (Fsp3) is 0.111. The van der Waals surface area contributed by atoms with E-state index in [0.717, 1.165) is 12.2 Å². The van der Waals surface area contributed by atoms with Gasteiger partial charge in [-0.3, -0.25) is 4.52 Å². The van der Waals surface area contributed by atoms with Gasteiger partial charge in [0, 0.05) is 0 Å². The molecule has 0 radical (unpaired) electrons. The van der Waals surface area contributed by atoms with Crippen molar-refractivity contribution in [1.29, 1.82) is 0 Å². The first-order valence-electron chi connectivity index (χ1n) is 4.17. The summed E-state index contributed by atoms with van der Waals surface area (Å²) in [6.07, 6.45) is 2.09. The van der Waals surface area contributed by atoms with Gasteiger partial charge in [-0.1, -0.05) is 39.9 Å². The third-order valence-corrected chi connectivity index (χ3v) is 2.71. The van der Waals surface area contributed by atoms with Crippen molar-refractivity contribution in [3.63, 3.8) is 0 Å². The van der Waals surface area contributed by atoms with Gasteiger partial charge in [-0.15, -0.1) is 0 Å². The molecule has 0 heterocycles. The minimum atomic E-state index is -3.98. The number of benzene rings is 1. The van der Waals surface area contributed by atoms with E-state index in [0.29, 0.717) is 5.56 Å². The van der Waals surface area contributed by atoms with Gasteiger partial charge in [-0.25, -0.2) is 14.2 Å². The minimum Gasteiger partial charge on any atom is -0.289 e. The molecular formula is C9H7N2O4P. The summed E-state index contributed by atoms with van der Waals surface area (Å²) >= 11 is 0. The van der Waals surface area contributed by atoms with E-state index in [9.17, 15) is 14.2 Å². The Labute approximate surface area is 91.2 Å². The molecule has 7 heteroatoms. The Kier molecular flexibility index (Phi) is 4.52. The largest absolute Gasteiger partial charge is 0.455 e. The fourth-order valence-corrected chi connectivity index (χ4v) is 1.60. The first-order chi connectivity index (χ1) is 7.70. The Morgan fingerprint density at radius 1 is 1.12 bits per heavy atom. The van der Waals surface area contributed by atoms with E-state index in [1.807, 2.05) is 0 Å². The number of nitrogens with zero attached hydrogens (tertiary/aromatic N) is 2. The van der Waals surface area contributed by atoms with Crippen LogP contribution in [-0.2, 0) is 25.3 Å². The summed E-state index contributed by atoms with van der Waals surface area (Å²) in [6, 6.07) is 8.76. The van der Waals surface area contributed by atoms with E-state index in [1.54, 1.807) is 30.3 Å². The highest BCUT2D eigenvalue weighted by molar-refractivity contribution is 7.56. The Morgan fingerprint density at radius 2 is 1.69 bits per heavy atom. The molecule has 0 amide bonds. The van der Waals surface area contributed by atoms with Gasteiger partial charge in [0.05, 0.1) is 6.61 Å². The van der Waals surface area contributed by atoms with Crippen LogP contribution >= 0.6 is 7.67 Å². The average Bonchev–Trinajstić information content (AvgIpc) is 2.29. The summed E-state index contributed by atoms with van der Waals surface area (Å²) < 4.78 is 22.0. The Morgan fingerprint density at radius 3 is 2.19 bits per heavy atom. The molecule has 0 bridgehead atoms. The SMILES string of the molecule is O=C=NP(=O)(N=C=O)OCc1ccccc1. The van der Waals surface area contributed by atoms with Gasteiger partial charge >= 0.3 is 7.67 Å². The van der Waals surface area contributed by atoms with Crippen molar-refractivity contribution in [1.82, 2.24) is 0 Å². The molecule has 0 aromatic heterocycles. The second kappa shape index (κ2) is 5.91. The molecule has 0 saturated carbocycles. The minimum absolute atomic E-state index is 0.0749. The van der Waals surface area contributed by atoms with Crippen LogP contribution in [0.5, 0.6) is 0 Å². The van der Waals surface area contributed by atoms with E-state index >= 15 is 0 Å². The lowest BCUT2D eigenvalue weighted by atomic mass is 10.2. The summed E-state index contributed by atoms with van der Waals surface area (Å²) in [5.41, 5.74) is 0.713. The van der Waals surface area contributed by atoms with Crippen LogP contribution in [0.25, 0.3) is 0 Å². The van der Waals surface area contributed by atoms with Crippen LogP contribution in [0.3, 0.4) is 0 Å². The van der Waals surface area contributed by atoms with Crippen LogP contribution in [0.1, 0.15) is 5.56 Å². The van der Waals surface area contributed by atoms with Gasteiger partial charge in [0.2, 0.25) is 12.2 Å². The number of carbonyl (C=O) groups excluding carboxylic acids is 2. The first-order valence-corrected chi connectivity index (χ1v) is 5.70. The maximum atomic E-state index is 11.5. The third-order valence-electron chi connectivity index (χ3n) is 1.58. The van der Waals surface area contributed by atoms with Crippen LogP contribution in [0.4, 0.5) is 0 Å². The number of hydrogen-bond acceptors (Lipinski definition) is 4. The van der Waals surface area contributed by atoms with E-state index < -0.39 is 7.67 Å². The van der Waals surface area contributed by atoms with Gasteiger partial charge in [-0.2, -0.15) is 0 Å². The molecule has 6 nitrogen and oxygen atoms in total. The monoisotopic (exact) mass is 238 g/mol. The zero-order valence-electron chi connectivity index (χ0n) is 8.07. The molecule has 1 aromatic rings. The third kappa shape index (κ3) is 3.73. The van der Waals surface area contributed by atoms with Crippen LogP contribution in [0, 0.1) is 0 Å². The smallest absolute Gasteiger partial charge is 0.289 e. The summed E-state index contributed by atoms with van der Waals surface area (Å²) in [6.45, 7) is -0.0749. The molecule has 0 aliphatic heterocycles. The molecule has 1 aromatic carbocycles. The molecule has 0 unspecified atom stereocenters. The molecule has 16 heavy (non-hydrogen) atoms. The van der Waals surface area contributed by atoms with Gasteiger partial charge in [0.25, 0.3) is 0 Å². The lowest BCUT2D eigenvalue weighted by molar-refractivity contribution is 0.304. The lowest BCUT2D eigenvalue weighted by Crippen LogP contribution is -1.88. The molecule has 0 aliphatic rings. The van der Waals surface area contributed by atoms with Crippen LogP contribution < -0.4 is 0 Å². The maximum absolute atomic E-state index is 11.5. The Balaban J connectivity index is 2.76. The zero-order chi connectivity index (χ0) is 11.9.